The summed E-state index contributed by atoms with van der Waals surface area (Å²) >= 11 is 0. The lowest BCUT2D eigenvalue weighted by Crippen LogP contribution is -2.52. The molecule has 0 fully saturated rings. The van der Waals surface area contributed by atoms with E-state index in [9.17, 15) is 23.2 Å². The Morgan fingerprint density at radius 2 is 1.50 bits per heavy atom. The minimum Gasteiger partial charge on any atom is -0.344 e. The van der Waals surface area contributed by atoms with E-state index in [1.165, 1.54) is 11.8 Å². The van der Waals surface area contributed by atoms with Gasteiger partial charge in [0.15, 0.2) is 0 Å². The highest BCUT2D eigenvalue weighted by molar-refractivity contribution is 5.91. The molecule has 2 atom stereocenters. The monoisotopic (exact) mass is 417 g/mol. The lowest BCUT2D eigenvalue weighted by Gasteiger charge is -2.23. The van der Waals surface area contributed by atoms with Crippen LogP contribution in [0, 0.1) is 11.6 Å². The number of benzene rings is 2. The number of halogens is 2. The number of rotatable bonds is 8. The number of likely N-dealkylation sites (N-methyl/N-ethyl adjacent to an activating group) is 1. The molecule has 0 radical (unpaired) electrons. The number of carbonyl (C=O) groups is 3. The fraction of sp³-hybridized carbons (Fsp3) is 0.318. The van der Waals surface area contributed by atoms with E-state index < -0.39 is 35.5 Å². The van der Waals surface area contributed by atoms with Crippen molar-refractivity contribution in [3.63, 3.8) is 0 Å². The van der Waals surface area contributed by atoms with Crippen molar-refractivity contribution in [1.82, 2.24) is 15.5 Å². The maximum atomic E-state index is 13.2. The molecule has 0 aliphatic carbocycles. The summed E-state index contributed by atoms with van der Waals surface area (Å²) in [5, 5.41) is 5.03. The first-order valence-corrected chi connectivity index (χ1v) is 9.49. The van der Waals surface area contributed by atoms with Crippen LogP contribution in [-0.2, 0) is 27.3 Å². The van der Waals surface area contributed by atoms with E-state index in [2.05, 4.69) is 10.6 Å². The van der Waals surface area contributed by atoms with Gasteiger partial charge >= 0.3 is 0 Å². The van der Waals surface area contributed by atoms with Gasteiger partial charge in [-0.25, -0.2) is 8.78 Å². The fourth-order valence-corrected chi connectivity index (χ4v) is 2.92. The Balaban J connectivity index is 1.84. The molecule has 2 rings (SSSR count). The van der Waals surface area contributed by atoms with Crippen molar-refractivity contribution >= 4 is 17.7 Å². The molecule has 2 N–H and O–H groups in total. The molecule has 0 aliphatic rings. The number of hydrogen-bond acceptors (Lipinski definition) is 3. The molecule has 0 aliphatic heterocycles. The maximum absolute atomic E-state index is 13.2. The van der Waals surface area contributed by atoms with E-state index in [0.717, 1.165) is 17.7 Å². The highest BCUT2D eigenvalue weighted by Crippen LogP contribution is 2.09. The summed E-state index contributed by atoms with van der Waals surface area (Å²) in [5.41, 5.74) is 1.12. The fourth-order valence-electron chi connectivity index (χ4n) is 2.92. The van der Waals surface area contributed by atoms with Gasteiger partial charge in [0.25, 0.3) is 0 Å². The number of nitrogens with zero attached hydrogens (tertiary/aromatic N) is 1. The van der Waals surface area contributed by atoms with Gasteiger partial charge in [-0.15, -0.1) is 0 Å². The quantitative estimate of drug-likeness (QED) is 0.691. The van der Waals surface area contributed by atoms with Gasteiger partial charge in [0.05, 0.1) is 6.42 Å². The van der Waals surface area contributed by atoms with Crippen LogP contribution in [-0.4, -0.2) is 41.8 Å². The van der Waals surface area contributed by atoms with Crippen molar-refractivity contribution in [2.75, 3.05) is 7.05 Å². The van der Waals surface area contributed by atoms with Crippen LogP contribution in [0.5, 0.6) is 0 Å². The van der Waals surface area contributed by atoms with Gasteiger partial charge in [0, 0.05) is 19.7 Å². The second-order valence-corrected chi connectivity index (χ2v) is 7.15. The van der Waals surface area contributed by atoms with Crippen molar-refractivity contribution in [2.45, 2.75) is 38.9 Å². The van der Waals surface area contributed by atoms with Crippen LogP contribution < -0.4 is 10.6 Å². The van der Waals surface area contributed by atoms with Crippen molar-refractivity contribution in [1.29, 1.82) is 0 Å². The summed E-state index contributed by atoms with van der Waals surface area (Å²) in [4.78, 5) is 38.4. The van der Waals surface area contributed by atoms with Crippen LogP contribution in [0.3, 0.4) is 0 Å². The normalized spacial score (nSPS) is 12.6. The third kappa shape index (κ3) is 6.95. The molecule has 0 saturated carbocycles. The van der Waals surface area contributed by atoms with E-state index in [0.29, 0.717) is 12.6 Å². The molecule has 2 aromatic carbocycles. The van der Waals surface area contributed by atoms with Crippen LogP contribution in [0.15, 0.2) is 48.5 Å². The standard InChI is InChI=1S/C22H25F2N3O3/c1-14(25-20(28)11-17-9-18(23)12-19(24)10-17)21(29)26-15(2)22(30)27(3)13-16-7-5-4-6-8-16/h4-10,12,14-15H,11,13H2,1-3H3,(H,25,28)(H,26,29)/t14-,15-/m0/s1. The molecule has 0 heterocycles. The van der Waals surface area contributed by atoms with Crippen molar-refractivity contribution in [3.8, 4) is 0 Å². The zero-order chi connectivity index (χ0) is 22.3. The summed E-state index contributed by atoms with van der Waals surface area (Å²) in [6, 6.07) is 10.5. The van der Waals surface area contributed by atoms with Gasteiger partial charge in [0.1, 0.15) is 23.7 Å². The average molecular weight is 417 g/mol. The lowest BCUT2D eigenvalue weighted by molar-refractivity contribution is -0.136. The number of nitrogens with one attached hydrogen (secondary N) is 2. The molecule has 8 heteroatoms. The summed E-state index contributed by atoms with van der Waals surface area (Å²) in [5.74, 6) is -2.95. The molecule has 0 saturated heterocycles. The molecule has 2 aromatic rings. The number of hydrogen-bond donors (Lipinski definition) is 2. The van der Waals surface area contributed by atoms with E-state index in [4.69, 9.17) is 0 Å². The molecular formula is C22H25F2N3O3. The average Bonchev–Trinajstić information content (AvgIpc) is 2.66. The van der Waals surface area contributed by atoms with E-state index in [1.807, 2.05) is 30.3 Å². The zero-order valence-corrected chi connectivity index (χ0v) is 17.1. The Hall–Kier alpha value is -3.29. The third-order valence-electron chi connectivity index (χ3n) is 4.43. The van der Waals surface area contributed by atoms with E-state index in [1.54, 1.807) is 14.0 Å². The Bertz CT molecular complexity index is 886. The van der Waals surface area contributed by atoms with Crippen LogP contribution >= 0.6 is 0 Å². The summed E-state index contributed by atoms with van der Waals surface area (Å²) < 4.78 is 26.4. The van der Waals surface area contributed by atoms with Gasteiger partial charge < -0.3 is 15.5 Å². The van der Waals surface area contributed by atoms with Gasteiger partial charge in [-0.3, -0.25) is 14.4 Å². The second-order valence-electron chi connectivity index (χ2n) is 7.15. The van der Waals surface area contributed by atoms with Crippen LogP contribution in [0.2, 0.25) is 0 Å². The largest absolute Gasteiger partial charge is 0.344 e. The molecule has 3 amide bonds. The molecule has 0 spiro atoms. The van der Waals surface area contributed by atoms with Crippen LogP contribution in [0.25, 0.3) is 0 Å². The number of amides is 3. The first-order valence-electron chi connectivity index (χ1n) is 9.49. The molecule has 0 aromatic heterocycles. The molecule has 0 unspecified atom stereocenters. The smallest absolute Gasteiger partial charge is 0.244 e. The topological polar surface area (TPSA) is 78.5 Å². The van der Waals surface area contributed by atoms with Crippen molar-refractivity contribution in [2.24, 2.45) is 0 Å². The van der Waals surface area contributed by atoms with Gasteiger partial charge in [-0.1, -0.05) is 30.3 Å². The maximum Gasteiger partial charge on any atom is 0.244 e. The summed E-state index contributed by atoms with van der Waals surface area (Å²) in [7, 11) is 1.64. The number of carbonyl (C=O) groups excluding carboxylic acids is 3. The molecule has 0 bridgehead atoms. The second kappa shape index (κ2) is 10.5. The minimum absolute atomic E-state index is 0.156. The third-order valence-corrected chi connectivity index (χ3v) is 4.43. The molecular weight excluding hydrogens is 392 g/mol. The highest BCUT2D eigenvalue weighted by Gasteiger charge is 2.23. The molecule has 6 nitrogen and oxygen atoms in total. The molecule has 30 heavy (non-hydrogen) atoms. The van der Waals surface area contributed by atoms with Crippen LogP contribution in [0.1, 0.15) is 25.0 Å². The van der Waals surface area contributed by atoms with Crippen molar-refractivity contribution in [3.05, 3.63) is 71.3 Å². The Labute approximate surface area is 174 Å². The summed E-state index contributed by atoms with van der Waals surface area (Å²) in [6.07, 6.45) is -0.277. The van der Waals surface area contributed by atoms with Crippen LogP contribution in [0.4, 0.5) is 8.78 Å². The van der Waals surface area contributed by atoms with Gasteiger partial charge in [-0.05, 0) is 37.1 Å². The zero-order valence-electron chi connectivity index (χ0n) is 17.1. The van der Waals surface area contributed by atoms with E-state index in [-0.39, 0.29) is 17.9 Å². The predicted octanol–water partition coefficient (Wildman–Crippen LogP) is 2.18. The first kappa shape index (κ1) is 23.0. The Morgan fingerprint density at radius 3 is 2.10 bits per heavy atom. The van der Waals surface area contributed by atoms with Crippen molar-refractivity contribution < 1.29 is 23.2 Å². The molecule has 160 valence electrons. The Morgan fingerprint density at radius 1 is 0.900 bits per heavy atom. The van der Waals surface area contributed by atoms with Gasteiger partial charge in [-0.2, -0.15) is 0 Å². The minimum atomic E-state index is -0.925. The predicted molar refractivity (Wildman–Crippen MR) is 108 cm³/mol. The highest BCUT2D eigenvalue weighted by atomic mass is 19.1. The Kier molecular flexibility index (Phi) is 8.03. The van der Waals surface area contributed by atoms with E-state index >= 15 is 0 Å². The lowest BCUT2D eigenvalue weighted by atomic mass is 10.1. The SMILES string of the molecule is C[C@H](NC(=O)Cc1cc(F)cc(F)c1)C(=O)N[C@@H](C)C(=O)N(C)Cc1ccccc1. The summed E-state index contributed by atoms with van der Waals surface area (Å²) in [6.45, 7) is 3.42. The first-order chi connectivity index (χ1) is 14.2. The van der Waals surface area contributed by atoms with Gasteiger partial charge in [0.2, 0.25) is 17.7 Å².